The summed E-state index contributed by atoms with van der Waals surface area (Å²) in [5.41, 5.74) is 1.21. The lowest BCUT2D eigenvalue weighted by atomic mass is 10.0. The first-order valence-corrected chi connectivity index (χ1v) is 7.55. The zero-order valence-electron chi connectivity index (χ0n) is 12.8. The fourth-order valence-electron chi connectivity index (χ4n) is 2.77. The number of hydrogen-bond acceptors (Lipinski definition) is 3. The molecule has 6 heteroatoms. The van der Waals surface area contributed by atoms with Crippen LogP contribution in [-0.4, -0.2) is 40.9 Å². The maximum atomic E-state index is 12.8. The number of carbonyl (C=O) groups excluding carboxylic acids is 2. The number of benzene rings is 2. The molecule has 1 saturated heterocycles. The molecule has 1 aliphatic heterocycles. The Labute approximate surface area is 138 Å². The second-order valence-corrected chi connectivity index (χ2v) is 5.49. The van der Waals surface area contributed by atoms with Gasteiger partial charge in [-0.1, -0.05) is 30.3 Å². The zero-order chi connectivity index (χ0) is 17.1. The molecule has 0 radical (unpaired) electrons. The number of nitrogens with zero attached hydrogens (tertiary/aromatic N) is 1. The van der Waals surface area contributed by atoms with Crippen molar-refractivity contribution in [1.29, 1.82) is 0 Å². The SMILES string of the molecule is O=C(O)c1ccc(C(=O)N2CCNC(=O)[C@H]2c2ccccc2)cc1. The van der Waals surface area contributed by atoms with E-state index in [2.05, 4.69) is 5.32 Å². The van der Waals surface area contributed by atoms with Crippen molar-refractivity contribution in [3.63, 3.8) is 0 Å². The van der Waals surface area contributed by atoms with Crippen LogP contribution in [0.1, 0.15) is 32.3 Å². The summed E-state index contributed by atoms with van der Waals surface area (Å²) in [6.45, 7) is 0.784. The van der Waals surface area contributed by atoms with Gasteiger partial charge in [0.2, 0.25) is 5.91 Å². The molecule has 1 fully saturated rings. The zero-order valence-corrected chi connectivity index (χ0v) is 12.8. The van der Waals surface area contributed by atoms with Gasteiger partial charge < -0.3 is 15.3 Å². The topological polar surface area (TPSA) is 86.7 Å². The summed E-state index contributed by atoms with van der Waals surface area (Å²) in [5.74, 6) is -1.56. The van der Waals surface area contributed by atoms with Crippen molar-refractivity contribution in [1.82, 2.24) is 10.2 Å². The predicted molar refractivity (Wildman–Crippen MR) is 86.6 cm³/mol. The number of aromatic carboxylic acids is 1. The average molecular weight is 324 g/mol. The van der Waals surface area contributed by atoms with Crippen LogP contribution in [0.5, 0.6) is 0 Å². The third-order valence-electron chi connectivity index (χ3n) is 3.97. The summed E-state index contributed by atoms with van der Waals surface area (Å²) < 4.78 is 0. The number of nitrogens with one attached hydrogen (secondary N) is 1. The van der Waals surface area contributed by atoms with Crippen molar-refractivity contribution in [3.8, 4) is 0 Å². The number of piperazine rings is 1. The molecule has 1 aliphatic rings. The van der Waals surface area contributed by atoms with Crippen LogP contribution in [0, 0.1) is 0 Å². The molecule has 2 N–H and O–H groups in total. The van der Waals surface area contributed by atoms with Crippen LogP contribution in [0.25, 0.3) is 0 Å². The van der Waals surface area contributed by atoms with Gasteiger partial charge in [0.25, 0.3) is 5.91 Å². The van der Waals surface area contributed by atoms with E-state index in [0.29, 0.717) is 18.7 Å². The lowest BCUT2D eigenvalue weighted by Gasteiger charge is -2.35. The van der Waals surface area contributed by atoms with Crippen molar-refractivity contribution in [2.24, 2.45) is 0 Å². The highest BCUT2D eigenvalue weighted by molar-refractivity contribution is 5.99. The van der Waals surface area contributed by atoms with Gasteiger partial charge in [0.1, 0.15) is 6.04 Å². The molecule has 1 heterocycles. The van der Waals surface area contributed by atoms with E-state index in [0.717, 1.165) is 5.56 Å². The van der Waals surface area contributed by atoms with Crippen molar-refractivity contribution in [2.75, 3.05) is 13.1 Å². The van der Waals surface area contributed by atoms with E-state index in [1.807, 2.05) is 30.3 Å². The number of carboxylic acids is 1. The largest absolute Gasteiger partial charge is 0.478 e. The van der Waals surface area contributed by atoms with Crippen molar-refractivity contribution >= 4 is 17.8 Å². The molecule has 2 aromatic rings. The fraction of sp³-hybridized carbons (Fsp3) is 0.167. The Morgan fingerprint density at radius 1 is 1.00 bits per heavy atom. The Morgan fingerprint density at radius 2 is 1.62 bits per heavy atom. The number of carboxylic acid groups (broad SMARTS) is 1. The molecular formula is C18H16N2O4. The second-order valence-electron chi connectivity index (χ2n) is 5.49. The number of rotatable bonds is 3. The van der Waals surface area contributed by atoms with Gasteiger partial charge in [-0.15, -0.1) is 0 Å². The first-order chi connectivity index (χ1) is 11.6. The molecule has 24 heavy (non-hydrogen) atoms. The van der Waals surface area contributed by atoms with Crippen LogP contribution < -0.4 is 5.32 Å². The van der Waals surface area contributed by atoms with Crippen LogP contribution in [0.15, 0.2) is 54.6 Å². The number of amides is 2. The maximum absolute atomic E-state index is 12.8. The Balaban J connectivity index is 1.91. The smallest absolute Gasteiger partial charge is 0.335 e. The van der Waals surface area contributed by atoms with Crippen LogP contribution in [-0.2, 0) is 4.79 Å². The summed E-state index contributed by atoms with van der Waals surface area (Å²) >= 11 is 0. The van der Waals surface area contributed by atoms with Gasteiger partial charge in [0.15, 0.2) is 0 Å². The molecule has 0 saturated carbocycles. The van der Waals surface area contributed by atoms with Crippen LogP contribution in [0.4, 0.5) is 0 Å². The van der Waals surface area contributed by atoms with Crippen molar-refractivity contribution < 1.29 is 19.5 Å². The highest BCUT2D eigenvalue weighted by Gasteiger charge is 2.34. The van der Waals surface area contributed by atoms with Crippen LogP contribution >= 0.6 is 0 Å². The molecule has 2 amide bonds. The Kier molecular flexibility index (Phi) is 4.29. The van der Waals surface area contributed by atoms with Crippen LogP contribution in [0.3, 0.4) is 0 Å². The number of carbonyl (C=O) groups is 3. The van der Waals surface area contributed by atoms with Gasteiger partial charge in [-0.2, -0.15) is 0 Å². The van der Waals surface area contributed by atoms with E-state index in [1.165, 1.54) is 29.2 Å². The first-order valence-electron chi connectivity index (χ1n) is 7.55. The summed E-state index contributed by atoms with van der Waals surface area (Å²) in [5, 5.41) is 11.7. The van der Waals surface area contributed by atoms with Crippen molar-refractivity contribution in [2.45, 2.75) is 6.04 Å². The fourth-order valence-corrected chi connectivity index (χ4v) is 2.77. The van der Waals surface area contributed by atoms with Gasteiger partial charge in [0, 0.05) is 18.7 Å². The molecule has 3 rings (SSSR count). The first kappa shape index (κ1) is 15.7. The molecule has 2 aromatic carbocycles. The molecule has 6 nitrogen and oxygen atoms in total. The lowest BCUT2D eigenvalue weighted by Crippen LogP contribution is -2.52. The minimum atomic E-state index is -1.05. The van der Waals surface area contributed by atoms with Gasteiger partial charge in [-0.3, -0.25) is 9.59 Å². The standard InChI is InChI=1S/C18H16N2O4/c21-16-15(12-4-2-1-3-5-12)20(11-10-19-16)17(22)13-6-8-14(9-7-13)18(23)24/h1-9,15H,10-11H2,(H,19,21)(H,23,24)/t15-/m1/s1. The minimum absolute atomic E-state index is 0.113. The molecule has 0 unspecified atom stereocenters. The van der Waals surface area contributed by atoms with E-state index in [4.69, 9.17) is 5.11 Å². The monoisotopic (exact) mass is 324 g/mol. The van der Waals surface area contributed by atoms with E-state index in [9.17, 15) is 14.4 Å². The number of hydrogen-bond donors (Lipinski definition) is 2. The van der Waals surface area contributed by atoms with Gasteiger partial charge in [-0.05, 0) is 29.8 Å². The molecule has 0 bridgehead atoms. The predicted octanol–water partition coefficient (Wildman–Crippen LogP) is 1.70. The summed E-state index contributed by atoms with van der Waals surface area (Å²) in [6.07, 6.45) is 0. The van der Waals surface area contributed by atoms with Crippen LogP contribution in [0.2, 0.25) is 0 Å². The summed E-state index contributed by atoms with van der Waals surface area (Å²) in [6, 6.07) is 14.1. The third-order valence-corrected chi connectivity index (χ3v) is 3.97. The highest BCUT2D eigenvalue weighted by Crippen LogP contribution is 2.25. The summed E-state index contributed by atoms with van der Waals surface area (Å²) in [7, 11) is 0. The van der Waals surface area contributed by atoms with Gasteiger partial charge in [-0.25, -0.2) is 4.79 Å². The molecule has 0 aliphatic carbocycles. The second kappa shape index (κ2) is 6.54. The van der Waals surface area contributed by atoms with E-state index >= 15 is 0 Å². The maximum Gasteiger partial charge on any atom is 0.335 e. The van der Waals surface area contributed by atoms with E-state index in [-0.39, 0.29) is 17.4 Å². The molecule has 0 spiro atoms. The van der Waals surface area contributed by atoms with E-state index in [1.54, 1.807) is 0 Å². The Bertz CT molecular complexity index is 771. The Hall–Kier alpha value is -3.15. The average Bonchev–Trinajstić information content (AvgIpc) is 2.61. The Morgan fingerprint density at radius 3 is 2.25 bits per heavy atom. The molecule has 122 valence electrons. The molecule has 1 atom stereocenters. The quantitative estimate of drug-likeness (QED) is 0.899. The highest BCUT2D eigenvalue weighted by atomic mass is 16.4. The lowest BCUT2D eigenvalue weighted by molar-refractivity contribution is -0.128. The molecule has 0 aromatic heterocycles. The van der Waals surface area contributed by atoms with E-state index < -0.39 is 12.0 Å². The summed E-state index contributed by atoms with van der Waals surface area (Å²) in [4.78, 5) is 37.5. The molecular weight excluding hydrogens is 308 g/mol. The van der Waals surface area contributed by atoms with Gasteiger partial charge in [0.05, 0.1) is 5.56 Å². The minimum Gasteiger partial charge on any atom is -0.478 e. The van der Waals surface area contributed by atoms with Crippen molar-refractivity contribution in [3.05, 3.63) is 71.3 Å². The third kappa shape index (κ3) is 2.99. The van der Waals surface area contributed by atoms with Gasteiger partial charge >= 0.3 is 5.97 Å². The normalized spacial score (nSPS) is 17.2.